The quantitative estimate of drug-likeness (QED) is 0.0620. The number of rotatable bonds is 10. The summed E-state index contributed by atoms with van der Waals surface area (Å²) in [5, 5.41) is -0.0158. The maximum absolute atomic E-state index is 12.8. The van der Waals surface area contributed by atoms with Crippen molar-refractivity contribution in [3.63, 3.8) is 0 Å². The summed E-state index contributed by atoms with van der Waals surface area (Å²) in [5.41, 5.74) is 0.374. The number of esters is 1. The number of halogens is 3. The van der Waals surface area contributed by atoms with Crippen LogP contribution in [0.25, 0.3) is 10.2 Å². The predicted octanol–water partition coefficient (Wildman–Crippen LogP) is 5.21. The van der Waals surface area contributed by atoms with Gasteiger partial charge in [-0.2, -0.15) is 8.42 Å². The molecular formula is C21H21Cl3N2O9S4. The van der Waals surface area contributed by atoms with Crippen LogP contribution in [0.3, 0.4) is 0 Å². The minimum Gasteiger partial charge on any atom is -0.464 e. The number of aromatic nitrogens is 1. The fraction of sp³-hybridized carbons (Fsp3) is 0.429. The number of β-lactam (4-membered cyclic amide) rings is 1. The molecule has 1 aliphatic heterocycles. The highest BCUT2D eigenvalue weighted by Crippen LogP contribution is 2.44. The molecule has 1 fully saturated rings. The number of benzene rings is 1. The second kappa shape index (κ2) is 12.9. The van der Waals surface area contributed by atoms with Crippen LogP contribution >= 0.6 is 67.7 Å². The van der Waals surface area contributed by atoms with E-state index < -0.39 is 49.9 Å². The normalized spacial score (nSPS) is 17.3. The number of hydrogen-bond acceptors (Lipinski definition) is 13. The molecule has 1 amide bonds. The summed E-state index contributed by atoms with van der Waals surface area (Å²) < 4.78 is 41.5. The number of fused-ring (bicyclic) bond motifs is 1. The first-order valence-corrected chi connectivity index (χ1v) is 16.7. The molecule has 1 aromatic carbocycles. The molecular weight excluding hydrogens is 659 g/mol. The molecule has 0 aliphatic carbocycles. The van der Waals surface area contributed by atoms with Gasteiger partial charge in [0.1, 0.15) is 22.6 Å². The Labute approximate surface area is 250 Å². The van der Waals surface area contributed by atoms with Crippen LogP contribution < -0.4 is 0 Å². The molecule has 0 N–H and O–H groups in total. The number of methoxy groups -OCH3 is 1. The molecule has 1 aromatic heterocycles. The highest BCUT2D eigenvalue weighted by Gasteiger charge is 2.43. The summed E-state index contributed by atoms with van der Waals surface area (Å²) in [6, 6.07) is 5.51. The lowest BCUT2D eigenvalue weighted by molar-refractivity contribution is -0.146. The number of carbonyl (C=O) groups excluding carboxylic acids is 3. The Morgan fingerprint density at radius 3 is 2.59 bits per heavy atom. The predicted molar refractivity (Wildman–Crippen MR) is 150 cm³/mol. The second-order valence-corrected chi connectivity index (χ2v) is 15.5. The Kier molecular flexibility index (Phi) is 10.6. The number of allylic oxidation sites excluding steroid dienone is 1. The Morgan fingerprint density at radius 1 is 1.31 bits per heavy atom. The van der Waals surface area contributed by atoms with Crippen molar-refractivity contribution in [1.82, 2.24) is 9.88 Å². The minimum atomic E-state index is -3.92. The summed E-state index contributed by atoms with van der Waals surface area (Å²) in [5.74, 6) is -1.57. The Hall–Kier alpha value is -1.62. The number of nitrogens with zero attached hydrogens (tertiary/aromatic N) is 2. The first-order valence-electron chi connectivity index (χ1n) is 10.7. The van der Waals surface area contributed by atoms with Gasteiger partial charge >= 0.3 is 22.2 Å². The van der Waals surface area contributed by atoms with E-state index in [2.05, 4.69) is 4.98 Å². The summed E-state index contributed by atoms with van der Waals surface area (Å²) in [6.07, 6.45) is -0.920. The zero-order valence-corrected chi connectivity index (χ0v) is 26.2. The fourth-order valence-electron chi connectivity index (χ4n) is 3.14. The van der Waals surface area contributed by atoms with Crippen molar-refractivity contribution in [3.8, 4) is 0 Å². The van der Waals surface area contributed by atoms with E-state index >= 15 is 0 Å². The molecule has 2 heterocycles. The third-order valence-electron chi connectivity index (χ3n) is 4.78. The van der Waals surface area contributed by atoms with Crippen LogP contribution in [0.4, 0.5) is 4.79 Å². The molecule has 39 heavy (non-hydrogen) atoms. The minimum absolute atomic E-state index is 0.130. The first-order chi connectivity index (χ1) is 18.1. The lowest BCUT2D eigenvalue weighted by Crippen LogP contribution is -2.55. The number of para-hydroxylation sites is 1. The maximum atomic E-state index is 12.8. The highest BCUT2D eigenvalue weighted by molar-refractivity contribution is 8.77. The summed E-state index contributed by atoms with van der Waals surface area (Å²) >= 11 is 18.0. The Bertz CT molecular complexity index is 1410. The SMILES string of the molecule is COC(=O)/C(=C(\C)OS(C)(=O)=O)N1C[C@H](SSc2cccc3sc([C@@H](C)OC(=O)OCC(Cl)(Cl)Cl)nc23)C1=O. The van der Waals surface area contributed by atoms with Crippen molar-refractivity contribution >= 4 is 106 Å². The van der Waals surface area contributed by atoms with Crippen molar-refractivity contribution in [2.45, 2.75) is 33.9 Å². The van der Waals surface area contributed by atoms with Gasteiger partial charge in [0, 0.05) is 11.4 Å². The molecule has 0 unspecified atom stereocenters. The molecule has 1 saturated heterocycles. The standard InChI is InChI=1S/C21H21Cl3N2O9S4/c1-10(35-39(4,30)31)16(19(28)32-3)26-8-14(18(26)27)38-37-13-7-5-6-12-15(13)25-17(36-12)11(2)34-20(29)33-9-21(22,23)24/h5-7,11,14H,8-9H2,1-4H3/b16-10-/t11-,14+/m1/s1. The molecule has 1 aliphatic rings. The average molecular weight is 680 g/mol. The lowest BCUT2D eigenvalue weighted by Gasteiger charge is -2.38. The van der Waals surface area contributed by atoms with Gasteiger partial charge < -0.3 is 23.3 Å². The van der Waals surface area contributed by atoms with Crippen LogP contribution in [0.1, 0.15) is 25.0 Å². The smallest absolute Gasteiger partial charge is 0.464 e. The van der Waals surface area contributed by atoms with Gasteiger partial charge in [0.25, 0.3) is 0 Å². The second-order valence-electron chi connectivity index (χ2n) is 7.87. The van der Waals surface area contributed by atoms with Crippen molar-refractivity contribution in [2.75, 3.05) is 26.5 Å². The van der Waals surface area contributed by atoms with E-state index in [1.54, 1.807) is 6.92 Å². The van der Waals surface area contributed by atoms with Gasteiger partial charge in [-0.3, -0.25) is 4.79 Å². The topological polar surface area (TPSA) is 138 Å². The lowest BCUT2D eigenvalue weighted by atomic mass is 10.1. The molecule has 0 spiro atoms. The zero-order valence-electron chi connectivity index (χ0n) is 20.6. The third-order valence-corrected chi connectivity index (χ3v) is 9.55. The van der Waals surface area contributed by atoms with Crippen LogP contribution in [0, 0.1) is 0 Å². The van der Waals surface area contributed by atoms with Crippen molar-refractivity contribution in [3.05, 3.63) is 34.7 Å². The molecule has 2 aromatic rings. The van der Waals surface area contributed by atoms with Gasteiger partial charge in [0.2, 0.25) is 9.70 Å². The van der Waals surface area contributed by atoms with E-state index in [0.29, 0.717) is 10.5 Å². The molecule has 0 radical (unpaired) electrons. The number of thiazole rings is 1. The molecule has 2 atom stereocenters. The number of ether oxygens (including phenoxy) is 3. The fourth-order valence-corrected chi connectivity index (χ4v) is 7.37. The van der Waals surface area contributed by atoms with Gasteiger partial charge in [0.15, 0.2) is 11.8 Å². The van der Waals surface area contributed by atoms with E-state index in [0.717, 1.165) is 27.9 Å². The molecule has 0 saturated carbocycles. The first kappa shape index (κ1) is 31.9. The van der Waals surface area contributed by atoms with Gasteiger partial charge in [-0.1, -0.05) is 62.5 Å². The van der Waals surface area contributed by atoms with Gasteiger partial charge in [-0.25, -0.2) is 14.6 Å². The van der Waals surface area contributed by atoms with E-state index in [1.807, 2.05) is 18.2 Å². The van der Waals surface area contributed by atoms with Crippen LogP contribution in [-0.4, -0.2) is 71.9 Å². The van der Waals surface area contributed by atoms with Gasteiger partial charge in [-0.05, 0) is 26.0 Å². The Morgan fingerprint density at radius 2 is 2.00 bits per heavy atom. The molecule has 214 valence electrons. The van der Waals surface area contributed by atoms with E-state index in [1.165, 1.54) is 39.8 Å². The largest absolute Gasteiger partial charge is 0.509 e. The number of hydrogen-bond donors (Lipinski definition) is 0. The van der Waals surface area contributed by atoms with Crippen molar-refractivity contribution in [1.29, 1.82) is 0 Å². The van der Waals surface area contributed by atoms with E-state index in [9.17, 15) is 22.8 Å². The highest BCUT2D eigenvalue weighted by atomic mass is 35.6. The van der Waals surface area contributed by atoms with Crippen molar-refractivity contribution in [2.24, 2.45) is 0 Å². The average Bonchev–Trinajstić information content (AvgIpc) is 3.27. The monoisotopic (exact) mass is 678 g/mol. The molecule has 11 nitrogen and oxygen atoms in total. The number of alkyl halides is 3. The van der Waals surface area contributed by atoms with Crippen LogP contribution in [0.5, 0.6) is 0 Å². The van der Waals surface area contributed by atoms with Crippen LogP contribution in [0.15, 0.2) is 34.6 Å². The van der Waals surface area contributed by atoms with Gasteiger partial charge in [0.05, 0.1) is 23.6 Å². The van der Waals surface area contributed by atoms with Gasteiger partial charge in [-0.15, -0.1) is 11.3 Å². The molecule has 0 bridgehead atoms. The number of amides is 1. The van der Waals surface area contributed by atoms with E-state index in [4.69, 9.17) is 53.2 Å². The summed E-state index contributed by atoms with van der Waals surface area (Å²) in [4.78, 5) is 43.4. The molecule has 18 heteroatoms. The number of carbonyl (C=O) groups is 3. The number of likely N-dealkylation sites (tertiary alicyclic amines) is 1. The summed E-state index contributed by atoms with van der Waals surface area (Å²) in [6.45, 7) is 2.55. The van der Waals surface area contributed by atoms with E-state index in [-0.39, 0.29) is 18.0 Å². The zero-order chi connectivity index (χ0) is 29.1. The van der Waals surface area contributed by atoms with Crippen LogP contribution in [0.2, 0.25) is 0 Å². The van der Waals surface area contributed by atoms with Crippen molar-refractivity contribution < 1.29 is 41.2 Å². The third kappa shape index (κ3) is 8.68. The molecule has 3 rings (SSSR count). The summed E-state index contributed by atoms with van der Waals surface area (Å²) in [7, 11) is -0.234. The maximum Gasteiger partial charge on any atom is 0.509 e. The van der Waals surface area contributed by atoms with Crippen LogP contribution in [-0.2, 0) is 38.1 Å². The Balaban J connectivity index is 1.67.